The van der Waals surface area contributed by atoms with Gasteiger partial charge in [0.2, 0.25) is 5.88 Å². The van der Waals surface area contributed by atoms with Crippen molar-refractivity contribution in [3.8, 4) is 5.88 Å². The lowest BCUT2D eigenvalue weighted by atomic mass is 10.2. The maximum atomic E-state index is 5.67. The maximum absolute atomic E-state index is 5.67. The largest absolute Gasteiger partial charge is 0.473 e. The number of rotatable bonds is 6. The second kappa shape index (κ2) is 6.70. The topological polar surface area (TPSA) is 56.3 Å². The molecule has 1 N–H and O–H groups in total. The first kappa shape index (κ1) is 13.3. The zero-order valence-corrected chi connectivity index (χ0v) is 11.1. The van der Waals surface area contributed by atoms with Crippen molar-refractivity contribution in [3.05, 3.63) is 47.8 Å². The van der Waals surface area contributed by atoms with Crippen molar-refractivity contribution in [1.29, 1.82) is 0 Å². The van der Waals surface area contributed by atoms with Gasteiger partial charge in [0.05, 0.1) is 0 Å². The molecule has 0 bridgehead atoms. The molecule has 0 saturated heterocycles. The molecule has 0 aliphatic carbocycles. The molecule has 19 heavy (non-hydrogen) atoms. The van der Waals surface area contributed by atoms with Gasteiger partial charge in [-0.15, -0.1) is 0 Å². The smallest absolute Gasteiger partial charge is 0.219 e. The van der Waals surface area contributed by atoms with Crippen molar-refractivity contribution in [3.63, 3.8) is 0 Å². The van der Waals surface area contributed by atoms with E-state index in [1.807, 2.05) is 30.3 Å². The molecular formula is C14H17N3O2. The van der Waals surface area contributed by atoms with E-state index in [0.29, 0.717) is 30.7 Å². The fourth-order valence-electron chi connectivity index (χ4n) is 1.60. The number of hydrogen-bond donors (Lipinski definition) is 1. The number of anilines is 1. The summed E-state index contributed by atoms with van der Waals surface area (Å²) < 4.78 is 10.7. The van der Waals surface area contributed by atoms with Crippen LogP contribution in [-0.2, 0) is 18.0 Å². The SMILES string of the molecule is CNc1cc(OCc2ccccc2)nc(COC)n1. The Bertz CT molecular complexity index is 517. The standard InChI is InChI=1S/C14H17N3O2/c1-15-12-8-14(17-13(16-12)10-18-2)19-9-11-6-4-3-5-7-11/h3-8H,9-10H2,1-2H3,(H,15,16,17). The summed E-state index contributed by atoms with van der Waals surface area (Å²) in [4.78, 5) is 8.56. The number of methoxy groups -OCH3 is 1. The minimum Gasteiger partial charge on any atom is -0.473 e. The second-order valence-electron chi connectivity index (χ2n) is 3.96. The summed E-state index contributed by atoms with van der Waals surface area (Å²) in [6.07, 6.45) is 0. The van der Waals surface area contributed by atoms with Gasteiger partial charge in [-0.2, -0.15) is 4.98 Å². The highest BCUT2D eigenvalue weighted by molar-refractivity contribution is 5.37. The summed E-state index contributed by atoms with van der Waals surface area (Å²) >= 11 is 0. The van der Waals surface area contributed by atoms with E-state index in [4.69, 9.17) is 9.47 Å². The van der Waals surface area contributed by atoms with Crippen LogP contribution in [0.25, 0.3) is 0 Å². The van der Waals surface area contributed by atoms with Crippen LogP contribution in [-0.4, -0.2) is 24.1 Å². The van der Waals surface area contributed by atoms with E-state index < -0.39 is 0 Å². The van der Waals surface area contributed by atoms with Crippen LogP contribution in [0.15, 0.2) is 36.4 Å². The first-order chi connectivity index (χ1) is 9.31. The number of aromatic nitrogens is 2. The number of nitrogens with one attached hydrogen (secondary N) is 1. The summed E-state index contributed by atoms with van der Waals surface area (Å²) in [6.45, 7) is 0.838. The molecule has 2 rings (SSSR count). The van der Waals surface area contributed by atoms with Crippen LogP contribution in [0.1, 0.15) is 11.4 Å². The van der Waals surface area contributed by atoms with Gasteiger partial charge in [0, 0.05) is 20.2 Å². The molecule has 0 radical (unpaired) electrons. The third-order valence-corrected chi connectivity index (χ3v) is 2.51. The zero-order valence-electron chi connectivity index (χ0n) is 11.1. The average Bonchev–Trinajstić information content (AvgIpc) is 2.46. The van der Waals surface area contributed by atoms with Gasteiger partial charge in [0.15, 0.2) is 5.82 Å². The number of nitrogens with zero attached hydrogens (tertiary/aromatic N) is 2. The quantitative estimate of drug-likeness (QED) is 0.862. The highest BCUT2D eigenvalue weighted by Gasteiger charge is 2.05. The average molecular weight is 259 g/mol. The van der Waals surface area contributed by atoms with E-state index in [9.17, 15) is 0 Å². The van der Waals surface area contributed by atoms with Gasteiger partial charge >= 0.3 is 0 Å². The Morgan fingerprint density at radius 1 is 1.11 bits per heavy atom. The molecule has 1 heterocycles. The predicted molar refractivity (Wildman–Crippen MR) is 73.1 cm³/mol. The molecule has 0 atom stereocenters. The van der Waals surface area contributed by atoms with Gasteiger partial charge in [-0.25, -0.2) is 4.98 Å². The van der Waals surface area contributed by atoms with Crippen LogP contribution in [0.4, 0.5) is 5.82 Å². The number of benzene rings is 1. The molecule has 0 fully saturated rings. The molecule has 0 unspecified atom stereocenters. The lowest BCUT2D eigenvalue weighted by Gasteiger charge is -2.09. The molecule has 2 aromatic rings. The molecule has 0 amide bonds. The van der Waals surface area contributed by atoms with Crippen LogP contribution in [0.3, 0.4) is 0 Å². The predicted octanol–water partition coefficient (Wildman–Crippen LogP) is 2.24. The van der Waals surface area contributed by atoms with Gasteiger partial charge in [-0.3, -0.25) is 0 Å². The number of ether oxygens (including phenoxy) is 2. The van der Waals surface area contributed by atoms with E-state index in [1.54, 1.807) is 20.2 Å². The molecule has 0 aliphatic heterocycles. The Hall–Kier alpha value is -2.14. The van der Waals surface area contributed by atoms with Crippen molar-refractivity contribution in [2.45, 2.75) is 13.2 Å². The lowest BCUT2D eigenvalue weighted by molar-refractivity contribution is 0.176. The van der Waals surface area contributed by atoms with Crippen LogP contribution in [0.5, 0.6) is 5.88 Å². The van der Waals surface area contributed by atoms with Crippen LogP contribution in [0, 0.1) is 0 Å². The fourth-order valence-corrected chi connectivity index (χ4v) is 1.60. The summed E-state index contributed by atoms with van der Waals surface area (Å²) in [5.74, 6) is 1.85. The van der Waals surface area contributed by atoms with E-state index in [0.717, 1.165) is 5.56 Å². The highest BCUT2D eigenvalue weighted by Crippen LogP contribution is 2.15. The second-order valence-corrected chi connectivity index (χ2v) is 3.96. The Morgan fingerprint density at radius 3 is 2.58 bits per heavy atom. The minimum absolute atomic E-state index is 0.358. The highest BCUT2D eigenvalue weighted by atomic mass is 16.5. The van der Waals surface area contributed by atoms with Crippen molar-refractivity contribution < 1.29 is 9.47 Å². The van der Waals surface area contributed by atoms with Gasteiger partial charge < -0.3 is 14.8 Å². The van der Waals surface area contributed by atoms with Crippen LogP contribution >= 0.6 is 0 Å². The third-order valence-electron chi connectivity index (χ3n) is 2.51. The number of hydrogen-bond acceptors (Lipinski definition) is 5. The molecule has 0 saturated carbocycles. The third kappa shape index (κ3) is 3.93. The Kier molecular flexibility index (Phi) is 4.69. The van der Waals surface area contributed by atoms with Crippen LogP contribution in [0.2, 0.25) is 0 Å². The summed E-state index contributed by atoms with van der Waals surface area (Å²) in [7, 11) is 3.42. The van der Waals surface area contributed by atoms with Crippen LogP contribution < -0.4 is 10.1 Å². The monoisotopic (exact) mass is 259 g/mol. The molecule has 5 nitrogen and oxygen atoms in total. The normalized spacial score (nSPS) is 10.2. The molecule has 0 aliphatic rings. The van der Waals surface area contributed by atoms with Crippen molar-refractivity contribution >= 4 is 5.82 Å². The Labute approximate surface area is 112 Å². The zero-order chi connectivity index (χ0) is 13.5. The minimum atomic E-state index is 0.358. The Balaban J connectivity index is 2.08. The van der Waals surface area contributed by atoms with Gasteiger partial charge in [-0.05, 0) is 5.56 Å². The fraction of sp³-hybridized carbons (Fsp3) is 0.286. The van der Waals surface area contributed by atoms with Gasteiger partial charge in [-0.1, -0.05) is 30.3 Å². The maximum Gasteiger partial charge on any atom is 0.219 e. The van der Waals surface area contributed by atoms with E-state index in [2.05, 4.69) is 15.3 Å². The van der Waals surface area contributed by atoms with E-state index in [1.165, 1.54) is 0 Å². The van der Waals surface area contributed by atoms with Gasteiger partial charge in [0.25, 0.3) is 0 Å². The van der Waals surface area contributed by atoms with E-state index >= 15 is 0 Å². The molecular weight excluding hydrogens is 242 g/mol. The molecule has 100 valence electrons. The molecule has 1 aromatic carbocycles. The first-order valence-corrected chi connectivity index (χ1v) is 6.03. The molecule has 0 spiro atoms. The molecule has 5 heteroatoms. The van der Waals surface area contributed by atoms with Crippen molar-refractivity contribution in [2.24, 2.45) is 0 Å². The summed E-state index contributed by atoms with van der Waals surface area (Å²) in [5.41, 5.74) is 1.10. The molecule has 1 aromatic heterocycles. The first-order valence-electron chi connectivity index (χ1n) is 6.03. The van der Waals surface area contributed by atoms with Crippen molar-refractivity contribution in [1.82, 2.24) is 9.97 Å². The summed E-state index contributed by atoms with van der Waals surface area (Å²) in [6, 6.07) is 11.7. The lowest BCUT2D eigenvalue weighted by Crippen LogP contribution is -2.05. The van der Waals surface area contributed by atoms with Crippen molar-refractivity contribution in [2.75, 3.05) is 19.5 Å². The Morgan fingerprint density at radius 2 is 1.89 bits per heavy atom. The van der Waals surface area contributed by atoms with Gasteiger partial charge in [0.1, 0.15) is 19.0 Å². The summed E-state index contributed by atoms with van der Waals surface area (Å²) in [5, 5.41) is 2.98. The van der Waals surface area contributed by atoms with E-state index in [-0.39, 0.29) is 0 Å².